The molecule has 2 aromatic carbocycles. The van der Waals surface area contributed by atoms with Crippen molar-refractivity contribution in [1.82, 2.24) is 4.90 Å². The van der Waals surface area contributed by atoms with Gasteiger partial charge in [0.15, 0.2) is 5.11 Å². The maximum atomic E-state index is 13.6. The van der Waals surface area contributed by atoms with Crippen molar-refractivity contribution < 1.29 is 4.39 Å². The maximum absolute atomic E-state index is 13.6. The van der Waals surface area contributed by atoms with Gasteiger partial charge < -0.3 is 10.2 Å². The van der Waals surface area contributed by atoms with Crippen LogP contribution in [-0.2, 0) is 6.54 Å². The largest absolute Gasteiger partial charge is 0.348 e. The van der Waals surface area contributed by atoms with Crippen LogP contribution < -0.4 is 5.32 Å². The molecule has 104 valence electrons. The zero-order valence-corrected chi connectivity index (χ0v) is 12.4. The molecular weight excluding hydrogens is 271 g/mol. The van der Waals surface area contributed by atoms with Crippen molar-refractivity contribution in [3.05, 3.63) is 65.5 Å². The van der Waals surface area contributed by atoms with Crippen molar-refractivity contribution in [1.29, 1.82) is 0 Å². The fourth-order valence-electron chi connectivity index (χ4n) is 1.90. The van der Waals surface area contributed by atoms with Crippen LogP contribution >= 0.6 is 12.2 Å². The molecule has 2 rings (SSSR count). The molecule has 0 saturated carbocycles. The topological polar surface area (TPSA) is 15.3 Å². The molecule has 0 atom stereocenters. The number of benzene rings is 2. The highest BCUT2D eigenvalue weighted by atomic mass is 32.1. The average molecular weight is 288 g/mol. The van der Waals surface area contributed by atoms with E-state index in [1.807, 2.05) is 49.2 Å². The molecule has 4 heteroatoms. The molecule has 0 radical (unpaired) electrons. The molecule has 2 aromatic rings. The Morgan fingerprint density at radius 1 is 1.20 bits per heavy atom. The van der Waals surface area contributed by atoms with E-state index in [4.69, 9.17) is 12.2 Å². The van der Waals surface area contributed by atoms with Crippen molar-refractivity contribution >= 4 is 23.0 Å². The molecule has 0 aliphatic heterocycles. The zero-order chi connectivity index (χ0) is 14.5. The number of aryl methyl sites for hydroxylation is 1. The van der Waals surface area contributed by atoms with E-state index in [1.165, 1.54) is 6.07 Å². The van der Waals surface area contributed by atoms with Crippen LogP contribution in [-0.4, -0.2) is 17.1 Å². The minimum atomic E-state index is -0.210. The predicted molar refractivity (Wildman–Crippen MR) is 85.3 cm³/mol. The fraction of sp³-hybridized carbons (Fsp3) is 0.188. The van der Waals surface area contributed by atoms with Gasteiger partial charge in [0.05, 0.1) is 0 Å². The Morgan fingerprint density at radius 2 is 1.95 bits per heavy atom. The van der Waals surface area contributed by atoms with E-state index in [9.17, 15) is 4.39 Å². The Kier molecular flexibility index (Phi) is 4.69. The first-order valence-corrected chi connectivity index (χ1v) is 6.79. The second kappa shape index (κ2) is 6.48. The molecule has 20 heavy (non-hydrogen) atoms. The Labute approximate surface area is 124 Å². The van der Waals surface area contributed by atoms with Gasteiger partial charge in [0.1, 0.15) is 5.82 Å². The van der Waals surface area contributed by atoms with E-state index in [1.54, 1.807) is 12.1 Å². The van der Waals surface area contributed by atoms with E-state index in [0.29, 0.717) is 17.2 Å². The van der Waals surface area contributed by atoms with Gasteiger partial charge >= 0.3 is 0 Å². The van der Waals surface area contributed by atoms with Gasteiger partial charge in [-0.25, -0.2) is 4.39 Å². The van der Waals surface area contributed by atoms with Crippen molar-refractivity contribution in [3.8, 4) is 0 Å². The van der Waals surface area contributed by atoms with Gasteiger partial charge in [-0.15, -0.1) is 0 Å². The minimum Gasteiger partial charge on any atom is -0.348 e. The summed E-state index contributed by atoms with van der Waals surface area (Å²) < 4.78 is 13.6. The summed E-state index contributed by atoms with van der Waals surface area (Å²) in [5, 5.41) is 3.73. The quantitative estimate of drug-likeness (QED) is 0.861. The van der Waals surface area contributed by atoms with Crippen LogP contribution in [0.1, 0.15) is 11.1 Å². The average Bonchev–Trinajstić information content (AvgIpc) is 2.41. The summed E-state index contributed by atoms with van der Waals surface area (Å²) in [5.41, 5.74) is 2.73. The van der Waals surface area contributed by atoms with Gasteiger partial charge in [0.2, 0.25) is 0 Å². The van der Waals surface area contributed by atoms with Crippen LogP contribution in [0.2, 0.25) is 0 Å². The lowest BCUT2D eigenvalue weighted by Crippen LogP contribution is -2.30. The molecule has 0 saturated heterocycles. The SMILES string of the molecule is Cc1cccc(NC(=S)N(C)Cc2ccccc2F)c1. The van der Waals surface area contributed by atoms with Crippen LogP contribution in [0, 0.1) is 12.7 Å². The number of anilines is 1. The lowest BCUT2D eigenvalue weighted by molar-refractivity contribution is 0.486. The maximum Gasteiger partial charge on any atom is 0.173 e. The highest BCUT2D eigenvalue weighted by Crippen LogP contribution is 2.12. The Morgan fingerprint density at radius 3 is 2.65 bits per heavy atom. The molecule has 0 fully saturated rings. The van der Waals surface area contributed by atoms with Gasteiger partial charge in [-0.3, -0.25) is 0 Å². The predicted octanol–water partition coefficient (Wildman–Crippen LogP) is 3.96. The molecule has 0 amide bonds. The standard InChI is InChI=1S/C16H17FN2S/c1-12-6-5-8-14(10-12)18-16(20)19(2)11-13-7-3-4-9-15(13)17/h3-10H,11H2,1-2H3,(H,18,20). The van der Waals surface area contributed by atoms with E-state index in [2.05, 4.69) is 5.32 Å². The van der Waals surface area contributed by atoms with E-state index >= 15 is 0 Å². The molecule has 0 aliphatic rings. The Bertz CT molecular complexity index is 613. The molecular formula is C16H17FN2S. The molecule has 0 spiro atoms. The lowest BCUT2D eigenvalue weighted by Gasteiger charge is -2.21. The smallest absolute Gasteiger partial charge is 0.173 e. The first kappa shape index (κ1) is 14.5. The number of rotatable bonds is 3. The van der Waals surface area contributed by atoms with Gasteiger partial charge in [0, 0.05) is 24.8 Å². The van der Waals surface area contributed by atoms with Crippen molar-refractivity contribution in [2.24, 2.45) is 0 Å². The van der Waals surface area contributed by atoms with Crippen LogP contribution in [0.5, 0.6) is 0 Å². The van der Waals surface area contributed by atoms with E-state index < -0.39 is 0 Å². The van der Waals surface area contributed by atoms with Crippen molar-refractivity contribution in [3.63, 3.8) is 0 Å². The molecule has 2 nitrogen and oxygen atoms in total. The minimum absolute atomic E-state index is 0.210. The van der Waals surface area contributed by atoms with E-state index in [0.717, 1.165) is 11.3 Å². The number of thiocarbonyl (C=S) groups is 1. The molecule has 0 bridgehead atoms. The highest BCUT2D eigenvalue weighted by Gasteiger charge is 2.08. The third kappa shape index (κ3) is 3.78. The highest BCUT2D eigenvalue weighted by molar-refractivity contribution is 7.80. The molecule has 0 heterocycles. The number of halogens is 1. The summed E-state index contributed by atoms with van der Waals surface area (Å²) in [6, 6.07) is 14.7. The summed E-state index contributed by atoms with van der Waals surface area (Å²) in [7, 11) is 1.84. The first-order valence-electron chi connectivity index (χ1n) is 6.38. The van der Waals surface area contributed by atoms with Gasteiger partial charge in [-0.05, 0) is 42.9 Å². The van der Waals surface area contributed by atoms with Crippen molar-refractivity contribution in [2.75, 3.05) is 12.4 Å². The lowest BCUT2D eigenvalue weighted by atomic mass is 10.2. The first-order chi connectivity index (χ1) is 9.56. The van der Waals surface area contributed by atoms with Crippen LogP contribution in [0.4, 0.5) is 10.1 Å². The second-order valence-electron chi connectivity index (χ2n) is 4.75. The molecule has 0 aliphatic carbocycles. The summed E-state index contributed by atoms with van der Waals surface area (Å²) >= 11 is 5.34. The van der Waals surface area contributed by atoms with Crippen LogP contribution in [0.25, 0.3) is 0 Å². The third-order valence-electron chi connectivity index (χ3n) is 2.98. The number of nitrogens with zero attached hydrogens (tertiary/aromatic N) is 1. The van der Waals surface area contributed by atoms with Gasteiger partial charge in [0.25, 0.3) is 0 Å². The monoisotopic (exact) mass is 288 g/mol. The Hall–Kier alpha value is -1.94. The summed E-state index contributed by atoms with van der Waals surface area (Å²) in [5.74, 6) is -0.210. The van der Waals surface area contributed by atoms with Crippen LogP contribution in [0.15, 0.2) is 48.5 Å². The summed E-state index contributed by atoms with van der Waals surface area (Å²) in [4.78, 5) is 1.82. The van der Waals surface area contributed by atoms with Gasteiger partial charge in [-0.1, -0.05) is 30.3 Å². The summed E-state index contributed by atoms with van der Waals surface area (Å²) in [6.45, 7) is 2.46. The zero-order valence-electron chi connectivity index (χ0n) is 11.6. The third-order valence-corrected chi connectivity index (χ3v) is 3.40. The number of hydrogen-bond acceptors (Lipinski definition) is 1. The van der Waals surface area contributed by atoms with Crippen LogP contribution in [0.3, 0.4) is 0 Å². The van der Waals surface area contributed by atoms with Crippen molar-refractivity contribution in [2.45, 2.75) is 13.5 Å². The summed E-state index contributed by atoms with van der Waals surface area (Å²) in [6.07, 6.45) is 0. The molecule has 1 N–H and O–H groups in total. The molecule has 0 aromatic heterocycles. The molecule has 0 unspecified atom stereocenters. The normalized spacial score (nSPS) is 10.2. The fourth-order valence-corrected chi connectivity index (χ4v) is 2.08. The van der Waals surface area contributed by atoms with Gasteiger partial charge in [-0.2, -0.15) is 0 Å². The number of nitrogens with one attached hydrogen (secondary N) is 1. The number of hydrogen-bond donors (Lipinski definition) is 1. The second-order valence-corrected chi connectivity index (χ2v) is 5.13. The van der Waals surface area contributed by atoms with E-state index in [-0.39, 0.29) is 5.82 Å². The Balaban J connectivity index is 2.01.